The molecular weight excluding hydrogens is 262 g/mol. The standard InChI is InChI=1S/C18H29NO2/c1-14-12-20-16-9-8-15(11-17(16)21-13-14)7-5-6-10-19-18(2,3)4/h8-9,11,14,19H,5-7,10,12-13H2,1-4H3. The molecule has 0 aliphatic carbocycles. The monoisotopic (exact) mass is 291 g/mol. The van der Waals surface area contributed by atoms with Crippen molar-refractivity contribution in [1.29, 1.82) is 0 Å². The third-order valence-corrected chi connectivity index (χ3v) is 3.60. The number of unbranched alkanes of at least 4 members (excludes halogenated alkanes) is 1. The Hall–Kier alpha value is -1.22. The van der Waals surface area contributed by atoms with Gasteiger partial charge in [-0.15, -0.1) is 0 Å². The smallest absolute Gasteiger partial charge is 0.161 e. The summed E-state index contributed by atoms with van der Waals surface area (Å²) in [5, 5.41) is 3.53. The second-order valence-electron chi connectivity index (χ2n) is 7.14. The molecule has 1 unspecified atom stereocenters. The maximum Gasteiger partial charge on any atom is 0.161 e. The lowest BCUT2D eigenvalue weighted by Gasteiger charge is -2.20. The van der Waals surface area contributed by atoms with Crippen LogP contribution in [0.4, 0.5) is 0 Å². The van der Waals surface area contributed by atoms with Crippen molar-refractivity contribution in [3.8, 4) is 11.5 Å². The van der Waals surface area contributed by atoms with Crippen molar-refractivity contribution in [2.45, 2.75) is 52.5 Å². The molecule has 0 saturated carbocycles. The van der Waals surface area contributed by atoms with Crippen LogP contribution in [0.5, 0.6) is 11.5 Å². The van der Waals surface area contributed by atoms with Gasteiger partial charge in [-0.1, -0.05) is 13.0 Å². The van der Waals surface area contributed by atoms with E-state index in [1.54, 1.807) is 0 Å². The SMILES string of the molecule is CC1COc2ccc(CCCCNC(C)(C)C)cc2OC1. The molecule has 1 aliphatic rings. The summed E-state index contributed by atoms with van der Waals surface area (Å²) in [4.78, 5) is 0. The Morgan fingerprint density at radius 1 is 1.10 bits per heavy atom. The van der Waals surface area contributed by atoms with Gasteiger partial charge >= 0.3 is 0 Å². The third kappa shape index (κ3) is 5.58. The van der Waals surface area contributed by atoms with Gasteiger partial charge in [0, 0.05) is 11.5 Å². The van der Waals surface area contributed by atoms with E-state index < -0.39 is 0 Å². The number of benzene rings is 1. The highest BCUT2D eigenvalue weighted by atomic mass is 16.5. The fourth-order valence-electron chi connectivity index (χ4n) is 2.37. The van der Waals surface area contributed by atoms with E-state index in [1.807, 2.05) is 0 Å². The summed E-state index contributed by atoms with van der Waals surface area (Å²) in [6, 6.07) is 6.36. The molecule has 0 aromatic heterocycles. The lowest BCUT2D eigenvalue weighted by Crippen LogP contribution is -2.36. The van der Waals surface area contributed by atoms with Crippen molar-refractivity contribution in [2.75, 3.05) is 19.8 Å². The lowest BCUT2D eigenvalue weighted by molar-refractivity contribution is 0.228. The van der Waals surface area contributed by atoms with E-state index in [4.69, 9.17) is 9.47 Å². The number of hydrogen-bond donors (Lipinski definition) is 1. The minimum Gasteiger partial charge on any atom is -0.489 e. The molecule has 3 heteroatoms. The van der Waals surface area contributed by atoms with Gasteiger partial charge in [0.15, 0.2) is 11.5 Å². The molecule has 0 bridgehead atoms. The highest BCUT2D eigenvalue weighted by Crippen LogP contribution is 2.31. The quantitative estimate of drug-likeness (QED) is 0.837. The van der Waals surface area contributed by atoms with Crippen LogP contribution in [0, 0.1) is 5.92 Å². The minimum absolute atomic E-state index is 0.214. The number of rotatable bonds is 5. The Kier molecular flexibility index (Phi) is 5.51. The van der Waals surface area contributed by atoms with Crippen LogP contribution in [0.2, 0.25) is 0 Å². The first-order valence-corrected chi connectivity index (χ1v) is 8.07. The van der Waals surface area contributed by atoms with Crippen LogP contribution in [0.15, 0.2) is 18.2 Å². The van der Waals surface area contributed by atoms with Crippen LogP contribution in [0.25, 0.3) is 0 Å². The molecule has 0 amide bonds. The third-order valence-electron chi connectivity index (χ3n) is 3.60. The van der Waals surface area contributed by atoms with Gasteiger partial charge < -0.3 is 14.8 Å². The first-order valence-electron chi connectivity index (χ1n) is 8.07. The largest absolute Gasteiger partial charge is 0.489 e. The van der Waals surface area contributed by atoms with Crippen molar-refractivity contribution < 1.29 is 9.47 Å². The summed E-state index contributed by atoms with van der Waals surface area (Å²) >= 11 is 0. The molecule has 1 heterocycles. The van der Waals surface area contributed by atoms with Gasteiger partial charge in [-0.05, 0) is 64.3 Å². The first-order chi connectivity index (χ1) is 9.94. The number of ether oxygens (including phenoxy) is 2. The average molecular weight is 291 g/mol. The summed E-state index contributed by atoms with van der Waals surface area (Å²) in [6.45, 7) is 11.3. The minimum atomic E-state index is 0.214. The Labute approximate surface area is 129 Å². The fraction of sp³-hybridized carbons (Fsp3) is 0.667. The van der Waals surface area contributed by atoms with Gasteiger partial charge in [-0.3, -0.25) is 0 Å². The normalized spacial score (nSPS) is 18.4. The van der Waals surface area contributed by atoms with Crippen molar-refractivity contribution in [3.63, 3.8) is 0 Å². The van der Waals surface area contributed by atoms with Crippen LogP contribution in [-0.2, 0) is 6.42 Å². The van der Waals surface area contributed by atoms with Gasteiger partial charge in [-0.25, -0.2) is 0 Å². The second-order valence-corrected chi connectivity index (χ2v) is 7.14. The molecule has 1 aromatic rings. The Bertz CT molecular complexity index is 451. The van der Waals surface area contributed by atoms with E-state index >= 15 is 0 Å². The molecule has 1 N–H and O–H groups in total. The zero-order valence-electron chi connectivity index (χ0n) is 13.9. The van der Waals surface area contributed by atoms with Crippen LogP contribution < -0.4 is 14.8 Å². The van der Waals surface area contributed by atoms with E-state index in [-0.39, 0.29) is 5.54 Å². The zero-order chi connectivity index (χ0) is 15.3. The van der Waals surface area contributed by atoms with Crippen LogP contribution in [0.3, 0.4) is 0 Å². The molecule has 0 radical (unpaired) electrons. The van der Waals surface area contributed by atoms with E-state index in [0.717, 1.165) is 37.7 Å². The highest BCUT2D eigenvalue weighted by molar-refractivity contribution is 5.43. The molecule has 118 valence electrons. The average Bonchev–Trinajstić information content (AvgIpc) is 2.59. The molecule has 3 nitrogen and oxygen atoms in total. The van der Waals surface area contributed by atoms with Crippen molar-refractivity contribution in [3.05, 3.63) is 23.8 Å². The van der Waals surface area contributed by atoms with Crippen LogP contribution in [-0.4, -0.2) is 25.3 Å². The maximum atomic E-state index is 5.84. The molecular formula is C18H29NO2. The van der Waals surface area contributed by atoms with Crippen LogP contribution >= 0.6 is 0 Å². The van der Waals surface area contributed by atoms with Gasteiger partial charge in [0.1, 0.15) is 0 Å². The Balaban J connectivity index is 1.80. The second kappa shape index (κ2) is 7.17. The Morgan fingerprint density at radius 3 is 2.52 bits per heavy atom. The number of hydrogen-bond acceptors (Lipinski definition) is 3. The molecule has 1 aliphatic heterocycles. The van der Waals surface area contributed by atoms with E-state index in [2.05, 4.69) is 51.2 Å². The summed E-state index contributed by atoms with van der Waals surface area (Å²) in [7, 11) is 0. The van der Waals surface area contributed by atoms with Crippen molar-refractivity contribution in [1.82, 2.24) is 5.32 Å². The number of aryl methyl sites for hydroxylation is 1. The first kappa shape index (κ1) is 16.2. The van der Waals surface area contributed by atoms with Crippen LogP contribution in [0.1, 0.15) is 46.1 Å². The zero-order valence-corrected chi connectivity index (χ0v) is 13.9. The molecule has 1 atom stereocenters. The summed E-state index contributed by atoms with van der Waals surface area (Å²) < 4.78 is 11.6. The molecule has 0 saturated heterocycles. The summed E-state index contributed by atoms with van der Waals surface area (Å²) in [5.74, 6) is 2.24. The predicted molar refractivity (Wildman–Crippen MR) is 87.3 cm³/mol. The topological polar surface area (TPSA) is 30.5 Å². The molecule has 2 rings (SSSR count). The maximum absolute atomic E-state index is 5.84. The number of nitrogens with one attached hydrogen (secondary N) is 1. The molecule has 0 spiro atoms. The highest BCUT2D eigenvalue weighted by Gasteiger charge is 2.15. The van der Waals surface area contributed by atoms with E-state index in [0.29, 0.717) is 5.92 Å². The fourth-order valence-corrected chi connectivity index (χ4v) is 2.37. The molecule has 21 heavy (non-hydrogen) atoms. The number of fused-ring (bicyclic) bond motifs is 1. The van der Waals surface area contributed by atoms with Gasteiger partial charge in [0.2, 0.25) is 0 Å². The van der Waals surface area contributed by atoms with Gasteiger partial charge in [-0.2, -0.15) is 0 Å². The summed E-state index contributed by atoms with van der Waals surface area (Å²) in [5.41, 5.74) is 1.55. The van der Waals surface area contributed by atoms with Gasteiger partial charge in [0.05, 0.1) is 13.2 Å². The lowest BCUT2D eigenvalue weighted by atomic mass is 10.1. The van der Waals surface area contributed by atoms with Crippen molar-refractivity contribution >= 4 is 0 Å². The van der Waals surface area contributed by atoms with E-state index in [1.165, 1.54) is 18.4 Å². The Morgan fingerprint density at radius 2 is 1.81 bits per heavy atom. The summed E-state index contributed by atoms with van der Waals surface area (Å²) in [6.07, 6.45) is 3.49. The van der Waals surface area contributed by atoms with Gasteiger partial charge in [0.25, 0.3) is 0 Å². The van der Waals surface area contributed by atoms with E-state index in [9.17, 15) is 0 Å². The van der Waals surface area contributed by atoms with Crippen molar-refractivity contribution in [2.24, 2.45) is 5.92 Å². The predicted octanol–water partition coefficient (Wildman–Crippen LogP) is 3.80. The molecule has 1 aromatic carbocycles. The molecule has 0 fully saturated rings.